The van der Waals surface area contributed by atoms with Gasteiger partial charge in [0.1, 0.15) is 11.6 Å². The third-order valence-electron chi connectivity index (χ3n) is 5.49. The standard InChI is InChI=1S/C29H24F2N2O2/c1-20-8-10-21(11-9-20)19-33(29(35)23-5-3-6-25(31)18-23)27-7-2-4-22(16-27)17-28(34)32-26-14-12-24(30)13-15-26/h2-16,18H,17,19H2,1H3,(H,32,34). The van der Waals surface area contributed by atoms with Crippen molar-refractivity contribution in [2.45, 2.75) is 19.9 Å². The number of halogens is 2. The van der Waals surface area contributed by atoms with Crippen LogP contribution in [-0.4, -0.2) is 11.8 Å². The molecule has 4 nitrogen and oxygen atoms in total. The smallest absolute Gasteiger partial charge is 0.258 e. The SMILES string of the molecule is Cc1ccc(CN(C(=O)c2cccc(F)c2)c2cccc(CC(=O)Nc3ccc(F)cc3)c2)cc1. The van der Waals surface area contributed by atoms with Crippen LogP contribution < -0.4 is 10.2 Å². The highest BCUT2D eigenvalue weighted by atomic mass is 19.1. The van der Waals surface area contributed by atoms with Gasteiger partial charge in [0.25, 0.3) is 5.91 Å². The summed E-state index contributed by atoms with van der Waals surface area (Å²) < 4.78 is 26.9. The number of carbonyl (C=O) groups is 2. The van der Waals surface area contributed by atoms with Crippen molar-refractivity contribution in [1.29, 1.82) is 0 Å². The van der Waals surface area contributed by atoms with Gasteiger partial charge in [-0.05, 0) is 72.6 Å². The van der Waals surface area contributed by atoms with E-state index in [1.807, 2.05) is 31.2 Å². The fraction of sp³-hybridized carbons (Fsp3) is 0.103. The van der Waals surface area contributed by atoms with Crippen LogP contribution in [-0.2, 0) is 17.8 Å². The van der Waals surface area contributed by atoms with Gasteiger partial charge in [-0.25, -0.2) is 8.78 Å². The minimum absolute atomic E-state index is 0.0672. The molecule has 0 unspecified atom stereocenters. The van der Waals surface area contributed by atoms with E-state index in [-0.39, 0.29) is 36.2 Å². The number of hydrogen-bond donors (Lipinski definition) is 1. The molecule has 2 amide bonds. The Morgan fingerprint density at radius 2 is 1.49 bits per heavy atom. The van der Waals surface area contributed by atoms with Crippen LogP contribution in [0.1, 0.15) is 27.0 Å². The first-order valence-electron chi connectivity index (χ1n) is 11.1. The second kappa shape index (κ2) is 10.7. The van der Waals surface area contributed by atoms with Crippen molar-refractivity contribution in [1.82, 2.24) is 0 Å². The van der Waals surface area contributed by atoms with Crippen LogP contribution in [0.5, 0.6) is 0 Å². The Kier molecular flexibility index (Phi) is 7.31. The molecule has 0 saturated heterocycles. The van der Waals surface area contributed by atoms with Crippen LogP contribution in [0.3, 0.4) is 0 Å². The summed E-state index contributed by atoms with van der Waals surface area (Å²) in [5, 5.41) is 2.74. The molecule has 0 heterocycles. The van der Waals surface area contributed by atoms with Crippen molar-refractivity contribution < 1.29 is 18.4 Å². The van der Waals surface area contributed by atoms with Crippen molar-refractivity contribution in [2.75, 3.05) is 10.2 Å². The number of nitrogens with one attached hydrogen (secondary N) is 1. The largest absolute Gasteiger partial charge is 0.326 e. The summed E-state index contributed by atoms with van der Waals surface area (Å²) in [4.78, 5) is 27.5. The molecule has 0 bridgehead atoms. The topological polar surface area (TPSA) is 49.4 Å². The zero-order valence-electron chi connectivity index (χ0n) is 19.2. The maximum Gasteiger partial charge on any atom is 0.258 e. The Hall–Kier alpha value is -4.32. The number of amides is 2. The fourth-order valence-electron chi connectivity index (χ4n) is 3.69. The Balaban J connectivity index is 1.59. The zero-order chi connectivity index (χ0) is 24.8. The van der Waals surface area contributed by atoms with Gasteiger partial charge in [0, 0.05) is 16.9 Å². The van der Waals surface area contributed by atoms with Crippen LogP contribution >= 0.6 is 0 Å². The number of anilines is 2. The predicted molar refractivity (Wildman–Crippen MR) is 133 cm³/mol. The van der Waals surface area contributed by atoms with Gasteiger partial charge in [0.2, 0.25) is 5.91 Å². The summed E-state index contributed by atoms with van der Waals surface area (Å²) in [6, 6.07) is 26.1. The molecule has 0 radical (unpaired) electrons. The van der Waals surface area contributed by atoms with Crippen LogP contribution in [0.2, 0.25) is 0 Å². The molecule has 0 spiro atoms. The highest BCUT2D eigenvalue weighted by Crippen LogP contribution is 2.23. The van der Waals surface area contributed by atoms with E-state index in [1.54, 1.807) is 35.2 Å². The Morgan fingerprint density at radius 3 is 2.20 bits per heavy atom. The lowest BCUT2D eigenvalue weighted by atomic mass is 10.1. The van der Waals surface area contributed by atoms with E-state index in [2.05, 4.69) is 5.32 Å². The molecule has 4 rings (SSSR count). The van der Waals surface area contributed by atoms with Crippen molar-refractivity contribution in [3.63, 3.8) is 0 Å². The van der Waals surface area contributed by atoms with E-state index in [0.29, 0.717) is 16.9 Å². The summed E-state index contributed by atoms with van der Waals surface area (Å²) in [5.41, 5.74) is 4.03. The first kappa shape index (κ1) is 23.8. The molecule has 0 aliphatic heterocycles. The summed E-state index contributed by atoms with van der Waals surface area (Å²) in [6.07, 6.45) is 0.0672. The molecule has 0 fully saturated rings. The normalized spacial score (nSPS) is 10.6. The molecule has 0 atom stereocenters. The Labute approximate surface area is 202 Å². The van der Waals surface area contributed by atoms with Gasteiger partial charge in [0.05, 0.1) is 13.0 Å². The van der Waals surface area contributed by atoms with E-state index in [0.717, 1.165) is 11.1 Å². The average molecular weight is 471 g/mol. The van der Waals surface area contributed by atoms with Gasteiger partial charge >= 0.3 is 0 Å². The number of aryl methyl sites for hydroxylation is 1. The second-order valence-electron chi connectivity index (χ2n) is 8.29. The quantitative estimate of drug-likeness (QED) is 0.345. The maximum atomic E-state index is 13.8. The van der Waals surface area contributed by atoms with Gasteiger partial charge in [0.15, 0.2) is 0 Å². The molecular weight excluding hydrogens is 446 g/mol. The van der Waals surface area contributed by atoms with Crippen molar-refractivity contribution in [3.05, 3.63) is 131 Å². The molecule has 35 heavy (non-hydrogen) atoms. The minimum Gasteiger partial charge on any atom is -0.326 e. The number of rotatable bonds is 7. The lowest BCUT2D eigenvalue weighted by molar-refractivity contribution is -0.115. The molecule has 0 aromatic heterocycles. The molecule has 0 aliphatic rings. The number of nitrogens with zero attached hydrogens (tertiary/aromatic N) is 1. The molecule has 0 saturated carbocycles. The highest BCUT2D eigenvalue weighted by Gasteiger charge is 2.19. The summed E-state index contributed by atoms with van der Waals surface area (Å²) in [7, 11) is 0. The molecule has 6 heteroatoms. The molecular formula is C29H24F2N2O2. The number of hydrogen-bond acceptors (Lipinski definition) is 2. The Morgan fingerprint density at radius 1 is 0.771 bits per heavy atom. The third kappa shape index (κ3) is 6.38. The first-order chi connectivity index (χ1) is 16.9. The van der Waals surface area contributed by atoms with Gasteiger partial charge in [-0.15, -0.1) is 0 Å². The lowest BCUT2D eigenvalue weighted by Crippen LogP contribution is -2.30. The molecule has 4 aromatic carbocycles. The summed E-state index contributed by atoms with van der Waals surface area (Å²) >= 11 is 0. The monoisotopic (exact) mass is 470 g/mol. The van der Waals surface area contributed by atoms with Gasteiger partial charge in [-0.1, -0.05) is 48.0 Å². The number of benzene rings is 4. The summed E-state index contributed by atoms with van der Waals surface area (Å²) in [6.45, 7) is 2.26. The second-order valence-corrected chi connectivity index (χ2v) is 8.29. The summed E-state index contributed by atoms with van der Waals surface area (Å²) in [5.74, 6) is -1.49. The van der Waals surface area contributed by atoms with Crippen molar-refractivity contribution in [2.24, 2.45) is 0 Å². The van der Waals surface area contributed by atoms with E-state index in [1.165, 1.54) is 42.5 Å². The fourth-order valence-corrected chi connectivity index (χ4v) is 3.69. The van der Waals surface area contributed by atoms with Crippen LogP contribution in [0.4, 0.5) is 20.2 Å². The molecule has 0 aliphatic carbocycles. The van der Waals surface area contributed by atoms with Gasteiger partial charge in [-0.3, -0.25) is 9.59 Å². The van der Waals surface area contributed by atoms with Crippen molar-refractivity contribution in [3.8, 4) is 0 Å². The van der Waals surface area contributed by atoms with Crippen LogP contribution in [0, 0.1) is 18.6 Å². The number of carbonyl (C=O) groups excluding carboxylic acids is 2. The minimum atomic E-state index is -0.489. The van der Waals surface area contributed by atoms with Gasteiger partial charge < -0.3 is 10.2 Å². The van der Waals surface area contributed by atoms with E-state index < -0.39 is 5.82 Å². The molecule has 176 valence electrons. The van der Waals surface area contributed by atoms with Crippen LogP contribution in [0.25, 0.3) is 0 Å². The van der Waals surface area contributed by atoms with E-state index in [9.17, 15) is 18.4 Å². The molecule has 1 N–H and O–H groups in total. The van der Waals surface area contributed by atoms with Crippen molar-refractivity contribution >= 4 is 23.2 Å². The van der Waals surface area contributed by atoms with Crippen LogP contribution in [0.15, 0.2) is 97.1 Å². The Bertz CT molecular complexity index is 1340. The predicted octanol–water partition coefficient (Wildman–Crippen LogP) is 6.30. The maximum absolute atomic E-state index is 13.8. The third-order valence-corrected chi connectivity index (χ3v) is 5.49. The zero-order valence-corrected chi connectivity index (χ0v) is 19.2. The average Bonchev–Trinajstić information content (AvgIpc) is 2.85. The first-order valence-corrected chi connectivity index (χ1v) is 11.1. The van der Waals surface area contributed by atoms with Gasteiger partial charge in [-0.2, -0.15) is 0 Å². The molecule has 4 aromatic rings. The van der Waals surface area contributed by atoms with E-state index >= 15 is 0 Å². The highest BCUT2D eigenvalue weighted by molar-refractivity contribution is 6.06. The van der Waals surface area contributed by atoms with E-state index in [4.69, 9.17) is 0 Å². The lowest BCUT2D eigenvalue weighted by Gasteiger charge is -2.24.